The van der Waals surface area contributed by atoms with Crippen molar-refractivity contribution in [3.05, 3.63) is 23.8 Å². The minimum absolute atomic E-state index is 0.00417. The first-order valence-electron chi connectivity index (χ1n) is 6.30. The number of ether oxygens (including phenoxy) is 1. The molecule has 2 atom stereocenters. The number of sulfonamides is 1. The molecule has 1 aliphatic heterocycles. The van der Waals surface area contributed by atoms with Crippen molar-refractivity contribution in [2.75, 3.05) is 18.8 Å². The van der Waals surface area contributed by atoms with Crippen molar-refractivity contribution in [1.82, 2.24) is 4.31 Å². The quantitative estimate of drug-likeness (QED) is 0.819. The highest BCUT2D eigenvalue weighted by Crippen LogP contribution is 2.25. The molecule has 1 fully saturated rings. The Morgan fingerprint density at radius 2 is 1.95 bits per heavy atom. The molecule has 108 valence electrons. The van der Waals surface area contributed by atoms with Gasteiger partial charge in [-0.3, -0.25) is 0 Å². The second-order valence-electron chi connectivity index (χ2n) is 4.95. The molecule has 2 rings (SSSR count). The smallest absolute Gasteiger partial charge is 0.244 e. The van der Waals surface area contributed by atoms with Crippen LogP contribution < -0.4 is 5.73 Å². The molecule has 0 aliphatic carbocycles. The molecule has 1 heterocycles. The van der Waals surface area contributed by atoms with E-state index in [2.05, 4.69) is 0 Å². The Morgan fingerprint density at radius 1 is 1.35 bits per heavy atom. The number of nitrogen functional groups attached to an aromatic ring is 1. The largest absolute Gasteiger partial charge is 0.399 e. The molecule has 0 aromatic heterocycles. The fourth-order valence-electron chi connectivity index (χ4n) is 2.33. The zero-order valence-corrected chi connectivity index (χ0v) is 12.2. The van der Waals surface area contributed by atoms with Gasteiger partial charge in [-0.1, -0.05) is 0 Å². The predicted molar refractivity (Wildman–Crippen MR) is 74.3 cm³/mol. The summed E-state index contributed by atoms with van der Waals surface area (Å²) in [4.78, 5) is -0.00417. The summed E-state index contributed by atoms with van der Waals surface area (Å²) < 4.78 is 32.2. The normalized spacial score (nSPS) is 24.2. The molecule has 1 aliphatic rings. The van der Waals surface area contributed by atoms with Crippen LogP contribution in [0.4, 0.5) is 5.69 Å². The van der Waals surface area contributed by atoms with E-state index in [1.54, 1.807) is 0 Å². The van der Waals surface area contributed by atoms with Gasteiger partial charge in [-0.2, -0.15) is 9.57 Å². The third kappa shape index (κ3) is 2.77. The number of rotatable bonds is 2. The van der Waals surface area contributed by atoms with E-state index in [9.17, 15) is 8.42 Å². The second-order valence-corrected chi connectivity index (χ2v) is 6.85. The third-order valence-electron chi connectivity index (χ3n) is 3.13. The topological polar surface area (TPSA) is 96.4 Å². The van der Waals surface area contributed by atoms with Crippen LogP contribution >= 0.6 is 0 Å². The highest BCUT2D eigenvalue weighted by Gasteiger charge is 2.33. The Morgan fingerprint density at radius 3 is 2.50 bits per heavy atom. The van der Waals surface area contributed by atoms with E-state index < -0.39 is 10.0 Å². The van der Waals surface area contributed by atoms with Gasteiger partial charge in [-0.05, 0) is 32.0 Å². The molecule has 0 amide bonds. The summed E-state index contributed by atoms with van der Waals surface area (Å²) in [6, 6.07) is 6.13. The molecule has 1 aromatic carbocycles. The summed E-state index contributed by atoms with van der Waals surface area (Å²) in [5, 5.41) is 9.10. The Bertz CT molecular complexity index is 641. The number of hydrogen-bond donors (Lipinski definition) is 1. The third-order valence-corrected chi connectivity index (χ3v) is 5.02. The van der Waals surface area contributed by atoms with Gasteiger partial charge in [0.25, 0.3) is 0 Å². The summed E-state index contributed by atoms with van der Waals surface area (Å²) in [5.74, 6) is 0. The summed E-state index contributed by atoms with van der Waals surface area (Å²) in [7, 11) is -3.71. The maximum absolute atomic E-state index is 12.6. The van der Waals surface area contributed by atoms with Crippen LogP contribution in [0.3, 0.4) is 0 Å². The van der Waals surface area contributed by atoms with Crippen LogP contribution in [0.5, 0.6) is 0 Å². The Labute approximate surface area is 118 Å². The van der Waals surface area contributed by atoms with E-state index in [-0.39, 0.29) is 35.8 Å². The van der Waals surface area contributed by atoms with Gasteiger partial charge in [0, 0.05) is 18.8 Å². The SMILES string of the molecule is C[C@@H]1CN(S(=O)(=O)c2ccc(N)cc2C#N)C[C@H](C)O1. The van der Waals surface area contributed by atoms with Crippen LogP contribution in [-0.4, -0.2) is 38.0 Å². The molecule has 0 saturated carbocycles. The monoisotopic (exact) mass is 295 g/mol. The van der Waals surface area contributed by atoms with E-state index in [0.29, 0.717) is 5.69 Å². The van der Waals surface area contributed by atoms with Crippen LogP contribution in [0.2, 0.25) is 0 Å². The maximum Gasteiger partial charge on any atom is 0.244 e. The molecule has 1 aromatic rings. The van der Waals surface area contributed by atoms with Crippen molar-refractivity contribution >= 4 is 15.7 Å². The molecule has 0 radical (unpaired) electrons. The molecule has 0 bridgehead atoms. The molecule has 0 spiro atoms. The van der Waals surface area contributed by atoms with Crippen molar-refractivity contribution in [1.29, 1.82) is 5.26 Å². The zero-order valence-electron chi connectivity index (χ0n) is 11.4. The van der Waals surface area contributed by atoms with E-state index in [4.69, 9.17) is 15.7 Å². The summed E-state index contributed by atoms with van der Waals surface area (Å²) in [6.45, 7) is 4.21. The zero-order chi connectivity index (χ0) is 14.9. The van der Waals surface area contributed by atoms with E-state index in [0.717, 1.165) is 0 Å². The number of benzene rings is 1. The van der Waals surface area contributed by atoms with E-state index in [1.807, 2.05) is 19.9 Å². The lowest BCUT2D eigenvalue weighted by molar-refractivity contribution is -0.0440. The molecule has 20 heavy (non-hydrogen) atoms. The van der Waals surface area contributed by atoms with Crippen LogP contribution in [0.1, 0.15) is 19.4 Å². The molecule has 1 saturated heterocycles. The highest BCUT2D eigenvalue weighted by molar-refractivity contribution is 7.89. The van der Waals surface area contributed by atoms with E-state index >= 15 is 0 Å². The van der Waals surface area contributed by atoms with Gasteiger partial charge >= 0.3 is 0 Å². The van der Waals surface area contributed by atoms with Crippen LogP contribution in [0, 0.1) is 11.3 Å². The van der Waals surface area contributed by atoms with Crippen LogP contribution in [0.15, 0.2) is 23.1 Å². The Hall–Kier alpha value is -1.62. The number of morpholine rings is 1. The highest BCUT2D eigenvalue weighted by atomic mass is 32.2. The van der Waals surface area contributed by atoms with Crippen molar-refractivity contribution in [2.24, 2.45) is 0 Å². The van der Waals surface area contributed by atoms with Crippen LogP contribution in [-0.2, 0) is 14.8 Å². The van der Waals surface area contributed by atoms with Crippen molar-refractivity contribution < 1.29 is 13.2 Å². The first-order chi connectivity index (χ1) is 9.34. The first kappa shape index (κ1) is 14.8. The second kappa shape index (κ2) is 5.40. The number of hydrogen-bond acceptors (Lipinski definition) is 5. The van der Waals surface area contributed by atoms with Gasteiger partial charge in [0.1, 0.15) is 11.0 Å². The van der Waals surface area contributed by atoms with Crippen molar-refractivity contribution in [2.45, 2.75) is 31.0 Å². The van der Waals surface area contributed by atoms with Gasteiger partial charge in [0.05, 0.1) is 17.8 Å². The molecule has 0 unspecified atom stereocenters. The maximum atomic E-state index is 12.6. The number of nitriles is 1. The minimum atomic E-state index is -3.71. The lowest BCUT2D eigenvalue weighted by atomic mass is 10.2. The minimum Gasteiger partial charge on any atom is -0.399 e. The van der Waals surface area contributed by atoms with Crippen molar-refractivity contribution in [3.63, 3.8) is 0 Å². The summed E-state index contributed by atoms with van der Waals surface area (Å²) >= 11 is 0. The van der Waals surface area contributed by atoms with Gasteiger partial charge in [0.15, 0.2) is 0 Å². The Kier molecular flexibility index (Phi) is 3.99. The average molecular weight is 295 g/mol. The fraction of sp³-hybridized carbons (Fsp3) is 0.462. The van der Waals surface area contributed by atoms with Gasteiger partial charge in [-0.15, -0.1) is 0 Å². The fourth-order valence-corrected chi connectivity index (χ4v) is 4.04. The lowest BCUT2D eigenvalue weighted by Gasteiger charge is -2.34. The molecule has 6 nitrogen and oxygen atoms in total. The van der Waals surface area contributed by atoms with Gasteiger partial charge in [-0.25, -0.2) is 8.42 Å². The molecule has 7 heteroatoms. The molecule has 2 N–H and O–H groups in total. The van der Waals surface area contributed by atoms with Gasteiger partial charge in [0.2, 0.25) is 10.0 Å². The summed E-state index contributed by atoms with van der Waals surface area (Å²) in [5.41, 5.74) is 6.02. The number of nitrogens with two attached hydrogens (primary N) is 1. The number of nitrogens with zero attached hydrogens (tertiary/aromatic N) is 2. The van der Waals surface area contributed by atoms with Crippen molar-refractivity contribution in [3.8, 4) is 6.07 Å². The first-order valence-corrected chi connectivity index (χ1v) is 7.74. The lowest BCUT2D eigenvalue weighted by Crippen LogP contribution is -2.48. The molecular weight excluding hydrogens is 278 g/mol. The predicted octanol–water partition coefficient (Wildman–Crippen LogP) is 0.938. The number of anilines is 1. The van der Waals surface area contributed by atoms with E-state index in [1.165, 1.54) is 22.5 Å². The summed E-state index contributed by atoms with van der Waals surface area (Å²) in [6.07, 6.45) is -0.347. The van der Waals surface area contributed by atoms with Gasteiger partial charge < -0.3 is 10.5 Å². The average Bonchev–Trinajstić information content (AvgIpc) is 2.37. The molecular formula is C13H17N3O3S. The van der Waals surface area contributed by atoms with Crippen LogP contribution in [0.25, 0.3) is 0 Å². The Balaban J connectivity index is 2.43. The standard InChI is InChI=1S/C13H17N3O3S/c1-9-7-16(8-10(2)19-9)20(17,18)13-4-3-12(15)5-11(13)6-14/h3-5,9-10H,7-8,15H2,1-2H3/t9-,10+.